The second-order valence-electron chi connectivity index (χ2n) is 8.51. The Morgan fingerprint density at radius 2 is 1.85 bits per heavy atom. The highest BCUT2D eigenvalue weighted by atomic mass is 32.2. The monoisotopic (exact) mass is 374 g/mol. The van der Waals surface area contributed by atoms with Gasteiger partial charge >= 0.3 is 0 Å². The second kappa shape index (κ2) is 8.03. The van der Waals surface area contributed by atoms with Crippen LogP contribution in [0.5, 0.6) is 0 Å². The summed E-state index contributed by atoms with van der Waals surface area (Å²) in [6, 6.07) is 8.38. The van der Waals surface area contributed by atoms with Gasteiger partial charge in [-0.15, -0.1) is 11.8 Å². The van der Waals surface area contributed by atoms with Gasteiger partial charge in [0.05, 0.1) is 5.69 Å². The molecule has 0 spiro atoms. The van der Waals surface area contributed by atoms with Crippen molar-refractivity contribution < 1.29 is 9.59 Å². The smallest absolute Gasteiger partial charge is 0.227 e. The molecule has 0 aromatic heterocycles. The van der Waals surface area contributed by atoms with Gasteiger partial charge in [0.25, 0.3) is 0 Å². The van der Waals surface area contributed by atoms with E-state index in [4.69, 9.17) is 0 Å². The fourth-order valence-corrected chi connectivity index (χ4v) is 5.00. The Morgan fingerprint density at radius 1 is 1.12 bits per heavy atom. The summed E-state index contributed by atoms with van der Waals surface area (Å²) in [6.45, 7) is 8.25. The molecular weight excluding hydrogens is 344 g/mol. The zero-order valence-electron chi connectivity index (χ0n) is 16.2. The van der Waals surface area contributed by atoms with E-state index in [0.29, 0.717) is 18.9 Å². The number of para-hydroxylation sites is 1. The van der Waals surface area contributed by atoms with Gasteiger partial charge in [0, 0.05) is 42.6 Å². The first-order valence-corrected chi connectivity index (χ1v) is 10.7. The average Bonchev–Trinajstić information content (AvgIpc) is 3.05. The van der Waals surface area contributed by atoms with E-state index in [1.165, 1.54) is 0 Å². The number of amides is 2. The topological polar surface area (TPSA) is 40.6 Å². The van der Waals surface area contributed by atoms with Crippen LogP contribution in [0.2, 0.25) is 0 Å². The van der Waals surface area contributed by atoms with E-state index in [0.717, 1.165) is 48.7 Å². The maximum absolute atomic E-state index is 12.7. The number of anilines is 1. The lowest BCUT2D eigenvalue weighted by atomic mass is 9.87. The second-order valence-corrected chi connectivity index (χ2v) is 9.65. The number of nitrogens with zero attached hydrogens (tertiary/aromatic N) is 2. The van der Waals surface area contributed by atoms with Crippen LogP contribution in [0.1, 0.15) is 52.9 Å². The molecule has 2 aliphatic rings. The minimum Gasteiger partial charge on any atom is -0.340 e. The van der Waals surface area contributed by atoms with Crippen LogP contribution in [0, 0.1) is 5.41 Å². The molecule has 1 saturated heterocycles. The van der Waals surface area contributed by atoms with Crippen molar-refractivity contribution >= 4 is 29.3 Å². The highest BCUT2D eigenvalue weighted by molar-refractivity contribution is 7.99. The molecule has 0 N–H and O–H groups in total. The van der Waals surface area contributed by atoms with Gasteiger partial charge in [0.2, 0.25) is 11.8 Å². The number of hydrogen-bond donors (Lipinski definition) is 0. The summed E-state index contributed by atoms with van der Waals surface area (Å²) < 4.78 is 0. The average molecular weight is 375 g/mol. The highest BCUT2D eigenvalue weighted by Crippen LogP contribution is 2.35. The lowest BCUT2D eigenvalue weighted by Gasteiger charge is -2.31. The number of carbonyl (C=O) groups excluding carboxylic acids is 2. The van der Waals surface area contributed by atoms with Crippen molar-refractivity contribution in [3.8, 4) is 0 Å². The van der Waals surface area contributed by atoms with Crippen molar-refractivity contribution in [1.29, 1.82) is 0 Å². The molecular formula is C21H30N2O2S. The maximum Gasteiger partial charge on any atom is 0.227 e. The number of rotatable bonds is 4. The summed E-state index contributed by atoms with van der Waals surface area (Å²) >= 11 is 1.79. The number of likely N-dealkylation sites (tertiary alicyclic amines) is 1. The molecule has 4 nitrogen and oxygen atoms in total. The van der Waals surface area contributed by atoms with Gasteiger partial charge in [0.15, 0.2) is 0 Å². The predicted molar refractivity (Wildman–Crippen MR) is 108 cm³/mol. The Balaban J connectivity index is 1.57. The van der Waals surface area contributed by atoms with Crippen LogP contribution in [0.3, 0.4) is 0 Å². The lowest BCUT2D eigenvalue weighted by Crippen LogP contribution is -2.39. The molecule has 2 heterocycles. The largest absolute Gasteiger partial charge is 0.340 e. The van der Waals surface area contributed by atoms with Crippen molar-refractivity contribution in [2.24, 2.45) is 5.41 Å². The molecule has 2 aliphatic heterocycles. The molecule has 5 heteroatoms. The fraction of sp³-hybridized carbons (Fsp3) is 0.619. The Labute approximate surface area is 161 Å². The van der Waals surface area contributed by atoms with Crippen LogP contribution in [0.25, 0.3) is 0 Å². The fourth-order valence-electron chi connectivity index (χ4n) is 4.00. The van der Waals surface area contributed by atoms with Gasteiger partial charge in [-0.05, 0) is 36.8 Å². The van der Waals surface area contributed by atoms with E-state index < -0.39 is 0 Å². The third kappa shape index (κ3) is 4.61. The first-order valence-electron chi connectivity index (χ1n) is 9.67. The number of benzene rings is 1. The number of hydrogen-bond acceptors (Lipinski definition) is 3. The summed E-state index contributed by atoms with van der Waals surface area (Å²) in [5.74, 6) is 1.12. The van der Waals surface area contributed by atoms with Crippen LogP contribution in [0.4, 0.5) is 5.69 Å². The third-order valence-electron chi connectivity index (χ3n) is 5.13. The van der Waals surface area contributed by atoms with Crippen LogP contribution < -0.4 is 4.90 Å². The van der Waals surface area contributed by atoms with Crippen molar-refractivity contribution in [3.05, 3.63) is 24.3 Å². The molecule has 3 rings (SSSR count). The Hall–Kier alpha value is -1.49. The van der Waals surface area contributed by atoms with Crippen LogP contribution in [-0.2, 0) is 9.59 Å². The summed E-state index contributed by atoms with van der Waals surface area (Å²) in [6.07, 6.45) is 3.83. The zero-order valence-corrected chi connectivity index (χ0v) is 17.0. The number of fused-ring (bicyclic) bond motifs is 1. The van der Waals surface area contributed by atoms with Crippen molar-refractivity contribution in [2.75, 3.05) is 23.7 Å². The van der Waals surface area contributed by atoms with E-state index in [-0.39, 0.29) is 17.2 Å². The van der Waals surface area contributed by atoms with E-state index in [1.807, 2.05) is 28.0 Å². The van der Waals surface area contributed by atoms with Crippen LogP contribution >= 0.6 is 11.8 Å². The molecule has 142 valence electrons. The number of thioether (sulfide) groups is 1. The van der Waals surface area contributed by atoms with E-state index in [1.54, 1.807) is 11.8 Å². The summed E-state index contributed by atoms with van der Waals surface area (Å²) in [7, 11) is 0. The van der Waals surface area contributed by atoms with Crippen LogP contribution in [-0.4, -0.2) is 41.6 Å². The van der Waals surface area contributed by atoms with E-state index >= 15 is 0 Å². The number of carbonyl (C=O) groups is 2. The summed E-state index contributed by atoms with van der Waals surface area (Å²) in [5.41, 5.74) is 1.21. The van der Waals surface area contributed by atoms with E-state index in [9.17, 15) is 9.59 Å². The molecule has 0 aliphatic carbocycles. The maximum atomic E-state index is 12.7. The molecule has 1 unspecified atom stereocenters. The zero-order chi connectivity index (χ0) is 18.7. The lowest BCUT2D eigenvalue weighted by molar-refractivity contribution is -0.134. The third-order valence-corrected chi connectivity index (χ3v) is 6.17. The minimum absolute atomic E-state index is 0.0673. The molecule has 1 atom stereocenters. The van der Waals surface area contributed by atoms with Crippen molar-refractivity contribution in [3.63, 3.8) is 0 Å². The molecule has 2 amide bonds. The van der Waals surface area contributed by atoms with Crippen LogP contribution in [0.15, 0.2) is 29.2 Å². The van der Waals surface area contributed by atoms with Gasteiger partial charge in [-0.25, -0.2) is 0 Å². The van der Waals surface area contributed by atoms with Crippen molar-refractivity contribution in [2.45, 2.75) is 63.8 Å². The van der Waals surface area contributed by atoms with Gasteiger partial charge in [0.1, 0.15) is 0 Å². The Bertz CT molecular complexity index is 668. The molecule has 1 fully saturated rings. The SMILES string of the molecule is CC(C)(C)CC1CCCN1C(=O)CCC(=O)N1CCSc2ccccc21. The highest BCUT2D eigenvalue weighted by Gasteiger charge is 2.32. The van der Waals surface area contributed by atoms with Gasteiger partial charge in [-0.2, -0.15) is 0 Å². The van der Waals surface area contributed by atoms with Crippen molar-refractivity contribution in [1.82, 2.24) is 4.90 Å². The Kier molecular flexibility index (Phi) is 5.96. The predicted octanol–water partition coefficient (Wildman–Crippen LogP) is 4.33. The van der Waals surface area contributed by atoms with Gasteiger partial charge < -0.3 is 9.80 Å². The molecule has 0 radical (unpaired) electrons. The standard InChI is InChI=1S/C21H30N2O2S/c1-21(2,3)15-16-7-6-12-22(16)19(24)10-11-20(25)23-13-14-26-18-9-5-4-8-17(18)23/h4-5,8-9,16H,6-7,10-15H2,1-3H3. The first kappa shape index (κ1) is 19.3. The molecule has 1 aromatic carbocycles. The Morgan fingerprint density at radius 3 is 2.62 bits per heavy atom. The normalized spacial score (nSPS) is 20.2. The summed E-state index contributed by atoms with van der Waals surface area (Å²) in [5, 5.41) is 0. The van der Waals surface area contributed by atoms with Gasteiger partial charge in [-0.3, -0.25) is 9.59 Å². The molecule has 0 bridgehead atoms. The molecule has 1 aromatic rings. The summed E-state index contributed by atoms with van der Waals surface area (Å²) in [4.78, 5) is 30.5. The molecule has 0 saturated carbocycles. The minimum atomic E-state index is 0.0673. The van der Waals surface area contributed by atoms with Gasteiger partial charge in [-0.1, -0.05) is 32.9 Å². The molecule has 26 heavy (non-hydrogen) atoms. The van der Waals surface area contributed by atoms with E-state index in [2.05, 4.69) is 26.8 Å². The quantitative estimate of drug-likeness (QED) is 0.787. The first-order chi connectivity index (χ1) is 12.3.